The van der Waals surface area contributed by atoms with Gasteiger partial charge in [-0.05, 0) is 18.6 Å². The lowest BCUT2D eigenvalue weighted by Gasteiger charge is -2.07. The van der Waals surface area contributed by atoms with E-state index in [1.54, 1.807) is 13.0 Å². The molecule has 0 fully saturated rings. The third kappa shape index (κ3) is 3.53. The molecule has 2 aromatic rings. The van der Waals surface area contributed by atoms with Crippen LogP contribution < -0.4 is 5.32 Å². The van der Waals surface area contributed by atoms with E-state index in [1.807, 2.05) is 6.92 Å². The molecule has 2 N–H and O–H groups in total. The van der Waals surface area contributed by atoms with Crippen molar-refractivity contribution in [3.8, 4) is 0 Å². The Morgan fingerprint density at radius 3 is 2.80 bits per heavy atom. The molecule has 0 spiro atoms. The number of pyridine rings is 1. The summed E-state index contributed by atoms with van der Waals surface area (Å²) in [4.78, 5) is 19.5. The highest BCUT2D eigenvalue weighted by molar-refractivity contribution is 5.88. The number of nitrogens with one attached hydrogen (secondary N) is 1. The number of carbonyl (C=O) groups is 1. The van der Waals surface area contributed by atoms with Crippen molar-refractivity contribution in [2.75, 3.05) is 11.9 Å². The Labute approximate surface area is 116 Å². The van der Waals surface area contributed by atoms with Gasteiger partial charge in [0, 0.05) is 25.6 Å². The van der Waals surface area contributed by atoms with Crippen LogP contribution in [-0.4, -0.2) is 32.7 Å². The predicted octanol–water partition coefficient (Wildman–Crippen LogP) is 1.69. The number of rotatable bonds is 6. The molecule has 7 nitrogen and oxygen atoms in total. The SMILES string of the molecule is CCc1cc(C(=O)O)cc(NCCc2noc(C)n2)n1. The lowest BCUT2D eigenvalue weighted by molar-refractivity contribution is 0.0696. The molecule has 0 unspecified atom stereocenters. The Morgan fingerprint density at radius 1 is 1.40 bits per heavy atom. The highest BCUT2D eigenvalue weighted by Gasteiger charge is 2.08. The zero-order valence-corrected chi connectivity index (χ0v) is 11.4. The van der Waals surface area contributed by atoms with E-state index in [2.05, 4.69) is 20.4 Å². The maximum absolute atomic E-state index is 11.0. The highest BCUT2D eigenvalue weighted by atomic mass is 16.5. The Bertz CT molecular complexity index is 609. The van der Waals surface area contributed by atoms with Gasteiger partial charge in [-0.3, -0.25) is 0 Å². The number of hydrogen-bond acceptors (Lipinski definition) is 6. The Hall–Kier alpha value is -2.44. The average molecular weight is 276 g/mol. The molecule has 20 heavy (non-hydrogen) atoms. The number of aryl methyl sites for hydroxylation is 2. The Balaban J connectivity index is 2.01. The van der Waals surface area contributed by atoms with Crippen LogP contribution in [0.15, 0.2) is 16.7 Å². The zero-order valence-electron chi connectivity index (χ0n) is 11.4. The molecule has 0 atom stereocenters. The first-order chi connectivity index (χ1) is 9.58. The number of carboxylic acids is 1. The zero-order chi connectivity index (χ0) is 14.5. The predicted molar refractivity (Wildman–Crippen MR) is 71.8 cm³/mol. The molecule has 0 aliphatic heterocycles. The van der Waals surface area contributed by atoms with Crippen LogP contribution in [0.2, 0.25) is 0 Å². The molecular weight excluding hydrogens is 260 g/mol. The van der Waals surface area contributed by atoms with Gasteiger partial charge in [-0.15, -0.1) is 0 Å². The van der Waals surface area contributed by atoms with Gasteiger partial charge in [-0.2, -0.15) is 4.98 Å². The van der Waals surface area contributed by atoms with E-state index in [9.17, 15) is 4.79 Å². The van der Waals surface area contributed by atoms with E-state index in [4.69, 9.17) is 9.63 Å². The number of anilines is 1. The van der Waals surface area contributed by atoms with Crippen molar-refractivity contribution in [1.82, 2.24) is 15.1 Å². The van der Waals surface area contributed by atoms with Crippen molar-refractivity contribution in [2.45, 2.75) is 26.7 Å². The van der Waals surface area contributed by atoms with Crippen LogP contribution in [-0.2, 0) is 12.8 Å². The molecule has 0 saturated heterocycles. The standard InChI is InChI=1S/C13H16N4O3/c1-3-10-6-9(13(18)19)7-12(16-10)14-5-4-11-15-8(2)20-17-11/h6-7H,3-5H2,1-2H3,(H,14,16)(H,18,19). The van der Waals surface area contributed by atoms with E-state index in [0.29, 0.717) is 36.9 Å². The quantitative estimate of drug-likeness (QED) is 0.827. The minimum atomic E-state index is -0.959. The average Bonchev–Trinajstić information content (AvgIpc) is 2.84. The number of nitrogens with zero attached hydrogens (tertiary/aromatic N) is 3. The van der Waals surface area contributed by atoms with E-state index in [-0.39, 0.29) is 5.56 Å². The van der Waals surface area contributed by atoms with Crippen LogP contribution in [0.4, 0.5) is 5.82 Å². The number of aromatic nitrogens is 3. The lowest BCUT2D eigenvalue weighted by atomic mass is 10.2. The summed E-state index contributed by atoms with van der Waals surface area (Å²) in [5.74, 6) is 0.722. The van der Waals surface area contributed by atoms with E-state index in [0.717, 1.165) is 5.69 Å². The maximum Gasteiger partial charge on any atom is 0.335 e. The summed E-state index contributed by atoms with van der Waals surface area (Å²) in [6.07, 6.45) is 1.26. The van der Waals surface area contributed by atoms with Gasteiger partial charge in [0.15, 0.2) is 5.82 Å². The van der Waals surface area contributed by atoms with Gasteiger partial charge in [0.25, 0.3) is 0 Å². The second kappa shape index (κ2) is 6.14. The van der Waals surface area contributed by atoms with Crippen LogP contribution in [0, 0.1) is 6.92 Å². The second-order valence-electron chi connectivity index (χ2n) is 4.30. The van der Waals surface area contributed by atoms with Gasteiger partial charge in [-0.25, -0.2) is 9.78 Å². The molecule has 0 aromatic carbocycles. The molecular formula is C13H16N4O3. The number of aromatic carboxylic acids is 1. The van der Waals surface area contributed by atoms with E-state index >= 15 is 0 Å². The molecule has 0 radical (unpaired) electrons. The Morgan fingerprint density at radius 2 is 2.20 bits per heavy atom. The van der Waals surface area contributed by atoms with Gasteiger partial charge in [-0.1, -0.05) is 12.1 Å². The molecule has 0 aliphatic rings. The van der Waals surface area contributed by atoms with Crippen LogP contribution in [0.3, 0.4) is 0 Å². The fourth-order valence-electron chi connectivity index (χ4n) is 1.73. The van der Waals surface area contributed by atoms with Gasteiger partial charge >= 0.3 is 5.97 Å². The lowest BCUT2D eigenvalue weighted by Crippen LogP contribution is -2.10. The van der Waals surface area contributed by atoms with Crippen LogP contribution in [0.25, 0.3) is 0 Å². The first-order valence-corrected chi connectivity index (χ1v) is 6.35. The second-order valence-corrected chi connectivity index (χ2v) is 4.30. The fraction of sp³-hybridized carbons (Fsp3) is 0.385. The first kappa shape index (κ1) is 14.0. The molecule has 106 valence electrons. The molecule has 2 rings (SSSR count). The van der Waals surface area contributed by atoms with E-state index in [1.165, 1.54) is 6.07 Å². The van der Waals surface area contributed by atoms with Gasteiger partial charge in [0.05, 0.1) is 5.56 Å². The van der Waals surface area contributed by atoms with Gasteiger partial charge in [0.2, 0.25) is 5.89 Å². The monoisotopic (exact) mass is 276 g/mol. The summed E-state index contributed by atoms with van der Waals surface area (Å²) >= 11 is 0. The summed E-state index contributed by atoms with van der Waals surface area (Å²) < 4.78 is 4.87. The van der Waals surface area contributed by atoms with Crippen molar-refractivity contribution in [2.24, 2.45) is 0 Å². The van der Waals surface area contributed by atoms with Gasteiger partial charge in [0.1, 0.15) is 5.82 Å². The smallest absolute Gasteiger partial charge is 0.335 e. The number of carboxylic acid groups (broad SMARTS) is 1. The molecule has 0 aliphatic carbocycles. The molecule has 2 heterocycles. The third-order valence-corrected chi connectivity index (χ3v) is 2.71. The van der Waals surface area contributed by atoms with Crippen molar-refractivity contribution < 1.29 is 14.4 Å². The maximum atomic E-state index is 11.0. The topological polar surface area (TPSA) is 101 Å². The van der Waals surface area contributed by atoms with Crippen molar-refractivity contribution in [3.05, 3.63) is 35.1 Å². The van der Waals surface area contributed by atoms with Crippen molar-refractivity contribution in [1.29, 1.82) is 0 Å². The van der Waals surface area contributed by atoms with Crippen LogP contribution in [0.1, 0.15) is 34.7 Å². The largest absolute Gasteiger partial charge is 0.478 e. The highest BCUT2D eigenvalue weighted by Crippen LogP contribution is 2.11. The van der Waals surface area contributed by atoms with Crippen molar-refractivity contribution in [3.63, 3.8) is 0 Å². The minimum Gasteiger partial charge on any atom is -0.478 e. The fourth-order valence-corrected chi connectivity index (χ4v) is 1.73. The minimum absolute atomic E-state index is 0.231. The third-order valence-electron chi connectivity index (χ3n) is 2.71. The summed E-state index contributed by atoms with van der Waals surface area (Å²) in [6, 6.07) is 3.10. The number of hydrogen-bond donors (Lipinski definition) is 2. The molecule has 2 aromatic heterocycles. The van der Waals surface area contributed by atoms with Gasteiger partial charge < -0.3 is 14.9 Å². The van der Waals surface area contributed by atoms with Crippen LogP contribution in [0.5, 0.6) is 0 Å². The summed E-state index contributed by atoms with van der Waals surface area (Å²) in [5, 5.41) is 15.9. The van der Waals surface area contributed by atoms with Crippen molar-refractivity contribution >= 4 is 11.8 Å². The summed E-state index contributed by atoms with van der Waals surface area (Å²) in [5.41, 5.74) is 0.970. The molecule has 0 bridgehead atoms. The first-order valence-electron chi connectivity index (χ1n) is 6.35. The van der Waals surface area contributed by atoms with Crippen LogP contribution >= 0.6 is 0 Å². The molecule has 0 amide bonds. The Kier molecular flexibility index (Phi) is 4.29. The summed E-state index contributed by atoms with van der Waals surface area (Å²) in [6.45, 7) is 4.22. The molecule has 0 saturated carbocycles. The van der Waals surface area contributed by atoms with E-state index < -0.39 is 5.97 Å². The summed E-state index contributed by atoms with van der Waals surface area (Å²) in [7, 11) is 0. The molecule has 7 heteroatoms. The normalized spacial score (nSPS) is 10.5.